The third-order valence-electron chi connectivity index (χ3n) is 2.31. The van der Waals surface area contributed by atoms with Gasteiger partial charge < -0.3 is 15.3 Å². The van der Waals surface area contributed by atoms with E-state index in [1.165, 1.54) is 0 Å². The monoisotopic (exact) mass is 204 g/mol. The number of rotatable bonds is 1. The molecule has 1 atom stereocenters. The van der Waals surface area contributed by atoms with E-state index in [1.807, 2.05) is 0 Å². The molecule has 78 valence electrons. The van der Waals surface area contributed by atoms with Crippen molar-refractivity contribution in [2.75, 3.05) is 0 Å². The standard InChI is InChI=1S/C12H12O3/c13-10-3-1-8(2-4-10)9-5-11(14)7-12(15)6-9/h1-6,11,13-15H,7H2. The van der Waals surface area contributed by atoms with E-state index in [9.17, 15) is 10.2 Å². The Balaban J connectivity index is 2.35. The Morgan fingerprint density at radius 1 is 1.07 bits per heavy atom. The van der Waals surface area contributed by atoms with Crippen molar-refractivity contribution in [1.82, 2.24) is 0 Å². The van der Waals surface area contributed by atoms with Crippen molar-refractivity contribution in [3.63, 3.8) is 0 Å². The smallest absolute Gasteiger partial charge is 0.115 e. The van der Waals surface area contributed by atoms with E-state index in [-0.39, 0.29) is 17.9 Å². The molecule has 1 aromatic rings. The normalized spacial score (nSPS) is 20.7. The largest absolute Gasteiger partial charge is 0.512 e. The van der Waals surface area contributed by atoms with E-state index < -0.39 is 6.10 Å². The molecule has 2 rings (SSSR count). The summed E-state index contributed by atoms with van der Waals surface area (Å²) < 4.78 is 0. The molecule has 0 heterocycles. The van der Waals surface area contributed by atoms with E-state index in [4.69, 9.17) is 5.11 Å². The second-order valence-electron chi connectivity index (χ2n) is 3.58. The van der Waals surface area contributed by atoms with E-state index in [0.29, 0.717) is 0 Å². The maximum absolute atomic E-state index is 9.44. The van der Waals surface area contributed by atoms with Gasteiger partial charge in [0, 0.05) is 6.42 Å². The Morgan fingerprint density at radius 2 is 1.73 bits per heavy atom. The fourth-order valence-corrected chi connectivity index (χ4v) is 1.60. The molecule has 1 unspecified atom stereocenters. The second-order valence-corrected chi connectivity index (χ2v) is 3.58. The van der Waals surface area contributed by atoms with Gasteiger partial charge in [-0.2, -0.15) is 0 Å². The van der Waals surface area contributed by atoms with Crippen LogP contribution in [0.15, 0.2) is 42.2 Å². The average Bonchev–Trinajstić information content (AvgIpc) is 2.17. The van der Waals surface area contributed by atoms with Gasteiger partial charge in [0.25, 0.3) is 0 Å². The first-order chi connectivity index (χ1) is 7.15. The van der Waals surface area contributed by atoms with E-state index >= 15 is 0 Å². The molecule has 0 saturated heterocycles. The molecule has 3 N–H and O–H groups in total. The van der Waals surface area contributed by atoms with Crippen LogP contribution in [0, 0.1) is 0 Å². The molecule has 0 saturated carbocycles. The van der Waals surface area contributed by atoms with Crippen LogP contribution >= 0.6 is 0 Å². The Hall–Kier alpha value is -1.74. The van der Waals surface area contributed by atoms with Crippen LogP contribution in [0.3, 0.4) is 0 Å². The lowest BCUT2D eigenvalue weighted by molar-refractivity contribution is 0.200. The van der Waals surface area contributed by atoms with Crippen molar-refractivity contribution in [1.29, 1.82) is 0 Å². The molecule has 3 nitrogen and oxygen atoms in total. The van der Waals surface area contributed by atoms with Crippen molar-refractivity contribution in [3.8, 4) is 5.75 Å². The maximum Gasteiger partial charge on any atom is 0.115 e. The van der Waals surface area contributed by atoms with Crippen molar-refractivity contribution in [2.45, 2.75) is 12.5 Å². The Labute approximate surface area is 87.6 Å². The summed E-state index contributed by atoms with van der Waals surface area (Å²) in [6.07, 6.45) is 2.94. The summed E-state index contributed by atoms with van der Waals surface area (Å²) in [4.78, 5) is 0. The van der Waals surface area contributed by atoms with Gasteiger partial charge in [-0.25, -0.2) is 0 Å². The minimum absolute atomic E-state index is 0.174. The molecule has 1 aliphatic carbocycles. The summed E-state index contributed by atoms with van der Waals surface area (Å²) in [5.41, 5.74) is 1.63. The first-order valence-electron chi connectivity index (χ1n) is 4.74. The molecule has 1 aliphatic rings. The average molecular weight is 204 g/mol. The number of aliphatic hydroxyl groups is 2. The van der Waals surface area contributed by atoms with Gasteiger partial charge in [-0.3, -0.25) is 0 Å². The van der Waals surface area contributed by atoms with Gasteiger partial charge in [-0.1, -0.05) is 12.1 Å². The molecule has 15 heavy (non-hydrogen) atoms. The van der Waals surface area contributed by atoms with Crippen LogP contribution in [0.5, 0.6) is 5.75 Å². The SMILES string of the molecule is OC1=CC(c2ccc(O)cc2)=CC(O)C1. The molecule has 3 heteroatoms. The summed E-state index contributed by atoms with van der Waals surface area (Å²) in [5, 5.41) is 27.9. The summed E-state index contributed by atoms with van der Waals surface area (Å²) in [7, 11) is 0. The number of hydrogen-bond acceptors (Lipinski definition) is 3. The van der Waals surface area contributed by atoms with Gasteiger partial charge in [-0.05, 0) is 35.4 Å². The molecule has 0 amide bonds. The highest BCUT2D eigenvalue weighted by Gasteiger charge is 2.12. The molecule has 0 radical (unpaired) electrons. The van der Waals surface area contributed by atoms with Crippen LogP contribution in [0.2, 0.25) is 0 Å². The predicted octanol–water partition coefficient (Wildman–Crippen LogP) is 1.98. The number of allylic oxidation sites excluding steroid dienone is 2. The molecule has 0 fully saturated rings. The summed E-state index contributed by atoms with van der Waals surface area (Å²) >= 11 is 0. The highest BCUT2D eigenvalue weighted by molar-refractivity contribution is 5.76. The van der Waals surface area contributed by atoms with Crippen LogP contribution in [-0.2, 0) is 0 Å². The second kappa shape index (κ2) is 3.79. The zero-order valence-electron chi connectivity index (χ0n) is 8.09. The summed E-state index contributed by atoms with van der Waals surface area (Å²) in [6.45, 7) is 0. The Kier molecular flexibility index (Phi) is 2.47. The zero-order valence-corrected chi connectivity index (χ0v) is 8.09. The molecular weight excluding hydrogens is 192 g/mol. The third-order valence-corrected chi connectivity index (χ3v) is 2.31. The fourth-order valence-electron chi connectivity index (χ4n) is 1.60. The Bertz CT molecular complexity index is 415. The minimum Gasteiger partial charge on any atom is -0.512 e. The highest BCUT2D eigenvalue weighted by atomic mass is 16.3. The number of aromatic hydroxyl groups is 1. The third kappa shape index (κ3) is 2.19. The van der Waals surface area contributed by atoms with Crippen LogP contribution < -0.4 is 0 Å². The zero-order chi connectivity index (χ0) is 10.8. The number of phenolic OH excluding ortho intramolecular Hbond substituents is 1. The van der Waals surface area contributed by atoms with E-state index in [2.05, 4.69) is 0 Å². The van der Waals surface area contributed by atoms with Gasteiger partial charge in [0.1, 0.15) is 5.75 Å². The lowest BCUT2D eigenvalue weighted by atomic mass is 9.97. The lowest BCUT2D eigenvalue weighted by Gasteiger charge is -2.14. The van der Waals surface area contributed by atoms with Crippen LogP contribution in [0.4, 0.5) is 0 Å². The predicted molar refractivity (Wildman–Crippen MR) is 57.4 cm³/mol. The van der Waals surface area contributed by atoms with Crippen molar-refractivity contribution < 1.29 is 15.3 Å². The van der Waals surface area contributed by atoms with Gasteiger partial charge >= 0.3 is 0 Å². The van der Waals surface area contributed by atoms with Crippen molar-refractivity contribution in [3.05, 3.63) is 47.7 Å². The van der Waals surface area contributed by atoms with Crippen LogP contribution in [-0.4, -0.2) is 21.4 Å². The Morgan fingerprint density at radius 3 is 2.33 bits per heavy atom. The maximum atomic E-state index is 9.44. The first-order valence-corrected chi connectivity index (χ1v) is 4.74. The number of benzene rings is 1. The minimum atomic E-state index is -0.640. The fraction of sp³-hybridized carbons (Fsp3) is 0.167. The summed E-state index contributed by atoms with van der Waals surface area (Å²) in [6, 6.07) is 6.62. The van der Waals surface area contributed by atoms with Crippen molar-refractivity contribution >= 4 is 5.57 Å². The van der Waals surface area contributed by atoms with Gasteiger partial charge in [0.2, 0.25) is 0 Å². The number of aliphatic hydroxyl groups excluding tert-OH is 2. The van der Waals surface area contributed by atoms with Gasteiger partial charge in [0.15, 0.2) is 0 Å². The van der Waals surface area contributed by atoms with Crippen molar-refractivity contribution in [2.24, 2.45) is 0 Å². The van der Waals surface area contributed by atoms with E-state index in [1.54, 1.807) is 36.4 Å². The summed E-state index contributed by atoms with van der Waals surface area (Å²) in [5.74, 6) is 0.372. The topological polar surface area (TPSA) is 60.7 Å². The van der Waals surface area contributed by atoms with Crippen LogP contribution in [0.1, 0.15) is 12.0 Å². The number of hydrogen-bond donors (Lipinski definition) is 3. The van der Waals surface area contributed by atoms with E-state index in [0.717, 1.165) is 11.1 Å². The molecule has 0 spiro atoms. The molecular formula is C12H12O3. The molecule has 0 bridgehead atoms. The number of phenols is 1. The molecule has 0 aliphatic heterocycles. The first kappa shape index (κ1) is 9.80. The molecule has 0 aromatic heterocycles. The van der Waals surface area contributed by atoms with Gasteiger partial charge in [0.05, 0.1) is 11.9 Å². The highest BCUT2D eigenvalue weighted by Crippen LogP contribution is 2.25. The van der Waals surface area contributed by atoms with Gasteiger partial charge in [-0.15, -0.1) is 0 Å². The van der Waals surface area contributed by atoms with Crippen LogP contribution in [0.25, 0.3) is 5.57 Å². The lowest BCUT2D eigenvalue weighted by Crippen LogP contribution is -2.08. The molecule has 1 aromatic carbocycles. The quantitative estimate of drug-likeness (QED) is 0.655.